The SMILES string of the molecule is C1=C[Si]NCC1. The maximum Gasteiger partial charge on any atom is 0.171 e. The Balaban J connectivity index is 2.26. The molecular weight excluding hydrogens is 90.1 g/mol. The lowest BCUT2D eigenvalue weighted by Crippen LogP contribution is -2.21. The summed E-state index contributed by atoms with van der Waals surface area (Å²) in [7, 11) is 0.871. The van der Waals surface area contributed by atoms with Crippen LogP contribution in [0.1, 0.15) is 6.42 Å². The fourth-order valence-corrected chi connectivity index (χ4v) is 1.12. The topological polar surface area (TPSA) is 12.0 Å². The lowest BCUT2D eigenvalue weighted by Gasteiger charge is -1.99. The molecule has 2 radical (unpaired) electrons. The standard InChI is InChI=1S/C4H7NSi/c1-2-4-6-5-3-1/h2,4-5H,1,3H2. The van der Waals surface area contributed by atoms with Crippen molar-refractivity contribution in [2.45, 2.75) is 6.42 Å². The second-order valence-corrected chi connectivity index (χ2v) is 2.24. The summed E-state index contributed by atoms with van der Waals surface area (Å²) in [5.74, 6) is 0. The molecule has 1 N–H and O–H groups in total. The summed E-state index contributed by atoms with van der Waals surface area (Å²) >= 11 is 0. The summed E-state index contributed by atoms with van der Waals surface area (Å²) < 4.78 is 0. The zero-order valence-electron chi connectivity index (χ0n) is 3.57. The van der Waals surface area contributed by atoms with Crippen LogP contribution in [0, 0.1) is 0 Å². The molecule has 1 aliphatic heterocycles. The molecular formula is C4H7NSi. The van der Waals surface area contributed by atoms with Gasteiger partial charge in [0.25, 0.3) is 0 Å². The van der Waals surface area contributed by atoms with Crippen molar-refractivity contribution in [2.24, 2.45) is 0 Å². The number of hydrogen-bond donors (Lipinski definition) is 1. The molecule has 0 aromatic carbocycles. The van der Waals surface area contributed by atoms with Crippen molar-refractivity contribution in [3.8, 4) is 0 Å². The number of rotatable bonds is 0. The van der Waals surface area contributed by atoms with Gasteiger partial charge in [-0.2, -0.15) is 0 Å². The van der Waals surface area contributed by atoms with Crippen LogP contribution in [0.25, 0.3) is 0 Å². The minimum absolute atomic E-state index is 0.871. The molecule has 1 nitrogen and oxygen atoms in total. The van der Waals surface area contributed by atoms with E-state index in [0.717, 1.165) is 9.68 Å². The predicted molar refractivity (Wildman–Crippen MR) is 27.5 cm³/mol. The van der Waals surface area contributed by atoms with Gasteiger partial charge in [0.15, 0.2) is 9.68 Å². The molecule has 0 spiro atoms. The largest absolute Gasteiger partial charge is 0.335 e. The van der Waals surface area contributed by atoms with Crippen molar-refractivity contribution in [1.82, 2.24) is 4.98 Å². The van der Waals surface area contributed by atoms with Gasteiger partial charge in [0, 0.05) is 0 Å². The van der Waals surface area contributed by atoms with Crippen molar-refractivity contribution in [3.05, 3.63) is 11.8 Å². The fraction of sp³-hybridized carbons (Fsp3) is 0.500. The molecule has 0 unspecified atom stereocenters. The van der Waals surface area contributed by atoms with E-state index in [1.807, 2.05) is 0 Å². The second kappa shape index (κ2) is 2.15. The summed E-state index contributed by atoms with van der Waals surface area (Å²) in [5.41, 5.74) is 2.18. The van der Waals surface area contributed by atoms with Crippen molar-refractivity contribution >= 4 is 9.68 Å². The molecule has 0 amide bonds. The van der Waals surface area contributed by atoms with Crippen LogP contribution in [0.2, 0.25) is 0 Å². The summed E-state index contributed by atoms with van der Waals surface area (Å²) in [4.78, 5) is 3.23. The second-order valence-electron chi connectivity index (χ2n) is 1.26. The molecule has 0 atom stereocenters. The summed E-state index contributed by atoms with van der Waals surface area (Å²) in [5, 5.41) is 0. The number of hydrogen-bond acceptors (Lipinski definition) is 1. The molecule has 0 aliphatic carbocycles. The van der Waals surface area contributed by atoms with Crippen LogP contribution in [-0.4, -0.2) is 16.2 Å². The molecule has 6 heavy (non-hydrogen) atoms. The molecule has 1 rings (SSSR count). The Bertz CT molecular complexity index is 52.6. The van der Waals surface area contributed by atoms with Gasteiger partial charge in [-0.05, 0) is 13.0 Å². The van der Waals surface area contributed by atoms with E-state index in [1.54, 1.807) is 0 Å². The lowest BCUT2D eigenvalue weighted by molar-refractivity contribution is 0.906. The minimum Gasteiger partial charge on any atom is -0.335 e. The lowest BCUT2D eigenvalue weighted by atomic mass is 10.4. The van der Waals surface area contributed by atoms with E-state index in [9.17, 15) is 0 Å². The average molecular weight is 97.2 g/mol. The Morgan fingerprint density at radius 1 is 1.67 bits per heavy atom. The van der Waals surface area contributed by atoms with Crippen LogP contribution in [0.5, 0.6) is 0 Å². The molecule has 0 fully saturated rings. The first kappa shape index (κ1) is 4.09. The molecule has 2 heteroatoms. The normalized spacial score (nSPS) is 21.3. The quantitative estimate of drug-likeness (QED) is 0.423. The van der Waals surface area contributed by atoms with Gasteiger partial charge in [0.2, 0.25) is 0 Å². The Labute approximate surface area is 40.3 Å². The van der Waals surface area contributed by atoms with Gasteiger partial charge in [-0.3, -0.25) is 0 Å². The highest BCUT2D eigenvalue weighted by molar-refractivity contribution is 6.39. The third-order valence-electron chi connectivity index (χ3n) is 0.739. The summed E-state index contributed by atoms with van der Waals surface area (Å²) in [6, 6.07) is 0. The van der Waals surface area contributed by atoms with E-state index < -0.39 is 0 Å². The summed E-state index contributed by atoms with van der Waals surface area (Å²) in [6.07, 6.45) is 3.43. The zero-order valence-corrected chi connectivity index (χ0v) is 4.57. The molecule has 1 aliphatic rings. The first-order chi connectivity index (χ1) is 3.00. The fourth-order valence-electron chi connectivity index (χ4n) is 0.429. The van der Waals surface area contributed by atoms with Gasteiger partial charge in [0.05, 0.1) is 0 Å². The van der Waals surface area contributed by atoms with Gasteiger partial charge in [-0.25, -0.2) is 0 Å². The third-order valence-corrected chi connectivity index (χ3v) is 1.60. The molecule has 0 bridgehead atoms. The van der Waals surface area contributed by atoms with Crippen LogP contribution < -0.4 is 4.98 Å². The molecule has 0 saturated carbocycles. The highest BCUT2D eigenvalue weighted by Crippen LogP contribution is 1.82. The Morgan fingerprint density at radius 2 is 2.67 bits per heavy atom. The van der Waals surface area contributed by atoms with Crippen molar-refractivity contribution in [2.75, 3.05) is 6.54 Å². The van der Waals surface area contributed by atoms with Crippen molar-refractivity contribution < 1.29 is 0 Å². The van der Waals surface area contributed by atoms with Gasteiger partial charge < -0.3 is 4.98 Å². The molecule has 1 heterocycles. The van der Waals surface area contributed by atoms with E-state index in [-0.39, 0.29) is 0 Å². The maximum atomic E-state index is 3.23. The molecule has 0 aromatic rings. The van der Waals surface area contributed by atoms with E-state index in [0.29, 0.717) is 0 Å². The molecule has 32 valence electrons. The Morgan fingerprint density at radius 3 is 2.83 bits per heavy atom. The van der Waals surface area contributed by atoms with Gasteiger partial charge in [-0.15, -0.1) is 0 Å². The first-order valence-electron chi connectivity index (χ1n) is 2.13. The minimum atomic E-state index is 0.871. The predicted octanol–water partition coefficient (Wildman–Crippen LogP) is 0.113. The van der Waals surface area contributed by atoms with Crippen LogP contribution in [0.4, 0.5) is 0 Å². The van der Waals surface area contributed by atoms with E-state index in [4.69, 9.17) is 0 Å². The first-order valence-corrected chi connectivity index (χ1v) is 3.21. The Kier molecular flexibility index (Phi) is 1.47. The molecule has 0 aromatic heterocycles. The average Bonchev–Trinajstić information content (AvgIpc) is 1.72. The maximum absolute atomic E-state index is 3.23. The molecule has 0 saturated heterocycles. The van der Waals surface area contributed by atoms with Gasteiger partial charge in [0.1, 0.15) is 0 Å². The van der Waals surface area contributed by atoms with Crippen LogP contribution in [-0.2, 0) is 0 Å². The van der Waals surface area contributed by atoms with Crippen LogP contribution in [0.15, 0.2) is 11.8 Å². The van der Waals surface area contributed by atoms with E-state index in [1.165, 1.54) is 13.0 Å². The third kappa shape index (κ3) is 0.952. The van der Waals surface area contributed by atoms with E-state index in [2.05, 4.69) is 16.8 Å². The van der Waals surface area contributed by atoms with Gasteiger partial charge in [-0.1, -0.05) is 11.8 Å². The monoisotopic (exact) mass is 97.0 g/mol. The number of nitrogens with one attached hydrogen (secondary N) is 1. The highest BCUT2D eigenvalue weighted by atomic mass is 28.2. The van der Waals surface area contributed by atoms with Crippen LogP contribution >= 0.6 is 0 Å². The van der Waals surface area contributed by atoms with E-state index >= 15 is 0 Å². The highest BCUT2D eigenvalue weighted by Gasteiger charge is 1.86. The summed E-state index contributed by atoms with van der Waals surface area (Å²) in [6.45, 7) is 1.18. The zero-order chi connectivity index (χ0) is 4.24. The van der Waals surface area contributed by atoms with Crippen molar-refractivity contribution in [1.29, 1.82) is 0 Å². The smallest absolute Gasteiger partial charge is 0.171 e. The van der Waals surface area contributed by atoms with Gasteiger partial charge >= 0.3 is 0 Å². The van der Waals surface area contributed by atoms with Crippen LogP contribution in [0.3, 0.4) is 0 Å². The Hall–Kier alpha value is -0.0831. The van der Waals surface area contributed by atoms with Crippen molar-refractivity contribution in [3.63, 3.8) is 0 Å².